The molecule has 0 amide bonds. The molecule has 5 heteroatoms. The Kier molecular flexibility index (Phi) is 3.09. The minimum atomic E-state index is -1.17. The second-order valence-corrected chi connectivity index (χ2v) is 3.31. The van der Waals surface area contributed by atoms with Crippen molar-refractivity contribution in [3.63, 3.8) is 0 Å². The maximum atomic E-state index is 13.0. The van der Waals surface area contributed by atoms with Crippen LogP contribution in [-0.4, -0.2) is 11.1 Å². The molecule has 0 atom stereocenters. The van der Waals surface area contributed by atoms with Crippen LogP contribution < -0.4 is 4.74 Å². The lowest BCUT2D eigenvalue weighted by Crippen LogP contribution is -2.03. The molecular formula is C12H9FO4. The number of ether oxygens (including phenoxy) is 1. The maximum Gasteiger partial charge on any atom is 0.339 e. The Morgan fingerprint density at radius 2 is 2.24 bits per heavy atom. The van der Waals surface area contributed by atoms with Gasteiger partial charge < -0.3 is 14.3 Å². The summed E-state index contributed by atoms with van der Waals surface area (Å²) in [5.74, 6) is -1.21. The van der Waals surface area contributed by atoms with Crippen molar-refractivity contribution >= 4 is 5.97 Å². The number of aromatic carboxylic acids is 1. The van der Waals surface area contributed by atoms with Crippen LogP contribution >= 0.6 is 0 Å². The van der Waals surface area contributed by atoms with Gasteiger partial charge in [0.15, 0.2) is 0 Å². The van der Waals surface area contributed by atoms with Gasteiger partial charge in [-0.25, -0.2) is 9.18 Å². The van der Waals surface area contributed by atoms with Gasteiger partial charge in [-0.05, 0) is 24.3 Å². The monoisotopic (exact) mass is 236 g/mol. The van der Waals surface area contributed by atoms with Gasteiger partial charge in [-0.15, -0.1) is 0 Å². The van der Waals surface area contributed by atoms with Crippen molar-refractivity contribution in [3.8, 4) is 5.75 Å². The van der Waals surface area contributed by atoms with E-state index in [2.05, 4.69) is 0 Å². The highest BCUT2D eigenvalue weighted by Crippen LogP contribution is 2.21. The lowest BCUT2D eigenvalue weighted by molar-refractivity contribution is 0.0691. The van der Waals surface area contributed by atoms with Gasteiger partial charge in [-0.1, -0.05) is 0 Å². The number of halogens is 1. The van der Waals surface area contributed by atoms with Gasteiger partial charge in [-0.3, -0.25) is 0 Å². The smallest absolute Gasteiger partial charge is 0.339 e. The Bertz CT molecular complexity index is 519. The van der Waals surface area contributed by atoms with Gasteiger partial charge >= 0.3 is 5.97 Å². The molecule has 0 radical (unpaired) electrons. The van der Waals surface area contributed by atoms with E-state index in [1.807, 2.05) is 0 Å². The molecule has 0 saturated heterocycles. The quantitative estimate of drug-likeness (QED) is 0.886. The van der Waals surface area contributed by atoms with Crippen molar-refractivity contribution in [1.82, 2.24) is 0 Å². The average molecular weight is 236 g/mol. The molecule has 1 aromatic heterocycles. The first-order valence-corrected chi connectivity index (χ1v) is 4.85. The molecule has 0 aliphatic carbocycles. The lowest BCUT2D eigenvalue weighted by Gasteiger charge is -2.07. The summed E-state index contributed by atoms with van der Waals surface area (Å²) in [6.45, 7) is 0.0523. The Labute approximate surface area is 96.2 Å². The van der Waals surface area contributed by atoms with Crippen molar-refractivity contribution in [2.45, 2.75) is 6.61 Å². The highest BCUT2D eigenvalue weighted by molar-refractivity contribution is 5.90. The molecule has 17 heavy (non-hydrogen) atoms. The van der Waals surface area contributed by atoms with E-state index in [0.717, 1.165) is 18.2 Å². The van der Waals surface area contributed by atoms with Gasteiger partial charge in [-0.2, -0.15) is 0 Å². The van der Waals surface area contributed by atoms with Crippen molar-refractivity contribution in [2.75, 3.05) is 0 Å². The fourth-order valence-electron chi connectivity index (χ4n) is 1.34. The van der Waals surface area contributed by atoms with E-state index in [0.29, 0.717) is 5.76 Å². The van der Waals surface area contributed by atoms with Crippen LogP contribution in [0.2, 0.25) is 0 Å². The topological polar surface area (TPSA) is 59.7 Å². The molecule has 1 heterocycles. The van der Waals surface area contributed by atoms with Crippen LogP contribution in [0.5, 0.6) is 5.75 Å². The first-order chi connectivity index (χ1) is 8.16. The highest BCUT2D eigenvalue weighted by atomic mass is 19.1. The van der Waals surface area contributed by atoms with E-state index < -0.39 is 11.8 Å². The van der Waals surface area contributed by atoms with Crippen LogP contribution in [0, 0.1) is 5.82 Å². The molecule has 4 nitrogen and oxygen atoms in total. The number of carboxylic acids is 1. The summed E-state index contributed by atoms with van der Waals surface area (Å²) in [4.78, 5) is 10.9. The third-order valence-corrected chi connectivity index (χ3v) is 2.12. The summed E-state index contributed by atoms with van der Waals surface area (Å²) in [7, 11) is 0. The zero-order valence-electron chi connectivity index (χ0n) is 8.72. The number of carbonyl (C=O) groups is 1. The van der Waals surface area contributed by atoms with Crippen LogP contribution in [-0.2, 0) is 6.61 Å². The minimum Gasteiger partial charge on any atom is -0.485 e. The van der Waals surface area contributed by atoms with Crippen molar-refractivity contribution in [2.24, 2.45) is 0 Å². The van der Waals surface area contributed by atoms with Gasteiger partial charge in [0, 0.05) is 6.07 Å². The molecule has 0 unspecified atom stereocenters. The van der Waals surface area contributed by atoms with Gasteiger partial charge in [0.1, 0.15) is 29.5 Å². The summed E-state index contributed by atoms with van der Waals surface area (Å²) in [6, 6.07) is 6.63. The fraction of sp³-hybridized carbons (Fsp3) is 0.0833. The van der Waals surface area contributed by atoms with E-state index in [1.54, 1.807) is 12.1 Å². The number of carboxylic acid groups (broad SMARTS) is 1. The van der Waals surface area contributed by atoms with E-state index in [1.165, 1.54) is 6.26 Å². The van der Waals surface area contributed by atoms with Gasteiger partial charge in [0.25, 0.3) is 0 Å². The fourth-order valence-corrected chi connectivity index (χ4v) is 1.34. The summed E-state index contributed by atoms with van der Waals surface area (Å²) < 4.78 is 23.2. The first-order valence-electron chi connectivity index (χ1n) is 4.85. The third-order valence-electron chi connectivity index (χ3n) is 2.12. The Morgan fingerprint density at radius 3 is 2.88 bits per heavy atom. The van der Waals surface area contributed by atoms with E-state index in [4.69, 9.17) is 14.3 Å². The first kappa shape index (κ1) is 11.2. The van der Waals surface area contributed by atoms with E-state index in [9.17, 15) is 9.18 Å². The third kappa shape index (κ3) is 2.63. The maximum absolute atomic E-state index is 13.0. The zero-order valence-corrected chi connectivity index (χ0v) is 8.72. The Hall–Kier alpha value is -2.30. The second kappa shape index (κ2) is 4.69. The van der Waals surface area contributed by atoms with Crippen LogP contribution in [0.1, 0.15) is 16.1 Å². The highest BCUT2D eigenvalue weighted by Gasteiger charge is 2.12. The predicted octanol–water partition coefficient (Wildman–Crippen LogP) is 2.70. The molecule has 0 bridgehead atoms. The number of hydrogen-bond acceptors (Lipinski definition) is 3. The lowest BCUT2D eigenvalue weighted by atomic mass is 10.2. The average Bonchev–Trinajstić information content (AvgIpc) is 2.78. The largest absolute Gasteiger partial charge is 0.485 e. The number of benzene rings is 1. The van der Waals surface area contributed by atoms with Crippen LogP contribution in [0.15, 0.2) is 41.0 Å². The zero-order chi connectivity index (χ0) is 12.3. The number of rotatable bonds is 4. The van der Waals surface area contributed by atoms with Crippen molar-refractivity contribution in [1.29, 1.82) is 0 Å². The normalized spacial score (nSPS) is 10.2. The van der Waals surface area contributed by atoms with Gasteiger partial charge in [0.05, 0.1) is 6.26 Å². The molecule has 0 aliphatic rings. The van der Waals surface area contributed by atoms with Crippen LogP contribution in [0.4, 0.5) is 4.39 Å². The Morgan fingerprint density at radius 1 is 1.41 bits per heavy atom. The predicted molar refractivity (Wildman–Crippen MR) is 56.4 cm³/mol. The number of hydrogen-bond donors (Lipinski definition) is 1. The second-order valence-electron chi connectivity index (χ2n) is 3.31. The summed E-state index contributed by atoms with van der Waals surface area (Å²) in [5.41, 5.74) is -0.0852. The molecule has 1 N–H and O–H groups in total. The molecular weight excluding hydrogens is 227 g/mol. The van der Waals surface area contributed by atoms with Crippen LogP contribution in [0.25, 0.3) is 0 Å². The van der Waals surface area contributed by atoms with E-state index in [-0.39, 0.29) is 17.9 Å². The molecule has 2 aromatic rings. The van der Waals surface area contributed by atoms with Crippen molar-refractivity contribution < 1.29 is 23.4 Å². The van der Waals surface area contributed by atoms with E-state index >= 15 is 0 Å². The number of furan rings is 1. The summed E-state index contributed by atoms with van der Waals surface area (Å²) in [5, 5.41) is 8.89. The molecule has 0 aliphatic heterocycles. The molecule has 1 aromatic carbocycles. The van der Waals surface area contributed by atoms with Crippen LogP contribution in [0.3, 0.4) is 0 Å². The molecule has 2 rings (SSSR count). The minimum absolute atomic E-state index is 0.0195. The molecule has 0 saturated carbocycles. The molecule has 0 fully saturated rings. The summed E-state index contributed by atoms with van der Waals surface area (Å²) in [6.07, 6.45) is 1.47. The van der Waals surface area contributed by atoms with Crippen molar-refractivity contribution in [3.05, 3.63) is 53.7 Å². The SMILES string of the molecule is O=C(O)c1ccc(F)cc1OCc1ccco1. The molecule has 88 valence electrons. The summed E-state index contributed by atoms with van der Waals surface area (Å²) >= 11 is 0. The molecule has 0 spiro atoms. The standard InChI is InChI=1S/C12H9FO4/c13-8-3-4-10(12(14)15)11(6-8)17-7-9-2-1-5-16-9/h1-6H,7H2,(H,14,15). The van der Waals surface area contributed by atoms with Gasteiger partial charge in [0.2, 0.25) is 0 Å². The Balaban J connectivity index is 2.19.